The molecule has 6 nitrogen and oxygen atoms in total. The fourth-order valence-corrected chi connectivity index (χ4v) is 2.47. The highest BCUT2D eigenvalue weighted by Gasteiger charge is 2.09. The van der Waals surface area contributed by atoms with E-state index in [4.69, 9.17) is 5.26 Å². The van der Waals surface area contributed by atoms with Crippen LogP contribution in [0, 0.1) is 28.4 Å². The zero-order valence-corrected chi connectivity index (χ0v) is 12.3. The summed E-state index contributed by atoms with van der Waals surface area (Å²) < 4.78 is 0. The summed E-state index contributed by atoms with van der Waals surface area (Å²) in [5.41, 5.74) is 3.76. The van der Waals surface area contributed by atoms with Crippen LogP contribution < -0.4 is 0 Å². The predicted octanol–water partition coefficient (Wildman–Crippen LogP) is 3.82. The molecule has 0 fully saturated rings. The number of aryl methyl sites for hydroxylation is 1. The number of hydrogen-bond donors (Lipinski definition) is 1. The average Bonchev–Trinajstić information content (AvgIpc) is 2.97. The monoisotopic (exact) mass is 304 g/mol. The maximum Gasteiger partial charge on any atom is 0.270 e. The largest absolute Gasteiger partial charge is 0.277 e. The van der Waals surface area contributed by atoms with Crippen molar-refractivity contribution in [1.29, 1.82) is 5.26 Å². The molecule has 0 saturated carbocycles. The number of H-pyrrole nitrogens is 1. The summed E-state index contributed by atoms with van der Waals surface area (Å²) in [7, 11) is 0. The number of non-ortho nitro benzene ring substituents is 1. The molecular weight excluding hydrogens is 292 g/mol. The van der Waals surface area contributed by atoms with Crippen LogP contribution in [0.2, 0.25) is 0 Å². The summed E-state index contributed by atoms with van der Waals surface area (Å²) in [5.74, 6) is 0. The molecule has 1 N–H and O–H groups in total. The molecule has 0 unspecified atom stereocenters. The van der Waals surface area contributed by atoms with Crippen molar-refractivity contribution >= 4 is 28.7 Å². The lowest BCUT2D eigenvalue weighted by atomic mass is 10.0. The second kappa shape index (κ2) is 5.73. The molecule has 0 bridgehead atoms. The second-order valence-electron chi connectivity index (χ2n) is 5.07. The van der Waals surface area contributed by atoms with Crippen LogP contribution in [0.15, 0.2) is 36.4 Å². The Labute approximate surface area is 131 Å². The number of nitro groups is 1. The summed E-state index contributed by atoms with van der Waals surface area (Å²) in [6.45, 7) is 1.88. The van der Waals surface area contributed by atoms with Gasteiger partial charge in [-0.2, -0.15) is 10.4 Å². The SMILES string of the molecule is Cc1c(C#N)ccc2[nH]nc(/C=C/c3cccc([N+](=O)[O-])c3)c12. The van der Waals surface area contributed by atoms with Gasteiger partial charge in [0.15, 0.2) is 0 Å². The van der Waals surface area contributed by atoms with Crippen LogP contribution in [-0.2, 0) is 0 Å². The van der Waals surface area contributed by atoms with Crippen molar-refractivity contribution in [2.45, 2.75) is 6.92 Å². The molecular formula is C17H12N4O2. The molecule has 0 saturated heterocycles. The van der Waals surface area contributed by atoms with E-state index in [0.29, 0.717) is 16.8 Å². The quantitative estimate of drug-likeness (QED) is 0.587. The molecule has 0 aliphatic carbocycles. The van der Waals surface area contributed by atoms with Gasteiger partial charge in [0.05, 0.1) is 27.8 Å². The van der Waals surface area contributed by atoms with Gasteiger partial charge in [-0.15, -0.1) is 0 Å². The lowest BCUT2D eigenvalue weighted by molar-refractivity contribution is -0.384. The lowest BCUT2D eigenvalue weighted by Crippen LogP contribution is -1.87. The molecule has 1 heterocycles. The Bertz CT molecular complexity index is 980. The highest BCUT2D eigenvalue weighted by molar-refractivity contribution is 5.93. The normalized spacial score (nSPS) is 11.0. The number of rotatable bonds is 3. The van der Waals surface area contributed by atoms with E-state index in [0.717, 1.165) is 16.5 Å². The molecule has 0 spiro atoms. The number of nitriles is 1. The summed E-state index contributed by atoms with van der Waals surface area (Å²) in [6, 6.07) is 12.1. The average molecular weight is 304 g/mol. The van der Waals surface area contributed by atoms with E-state index in [1.165, 1.54) is 12.1 Å². The number of fused-ring (bicyclic) bond motifs is 1. The Hall–Kier alpha value is -3.46. The van der Waals surface area contributed by atoms with Crippen LogP contribution >= 0.6 is 0 Å². The van der Waals surface area contributed by atoms with Gasteiger partial charge < -0.3 is 0 Å². The molecule has 0 atom stereocenters. The molecule has 3 aromatic rings. The van der Waals surface area contributed by atoms with Crippen LogP contribution in [0.5, 0.6) is 0 Å². The Balaban J connectivity index is 2.03. The van der Waals surface area contributed by atoms with E-state index in [1.54, 1.807) is 30.4 Å². The fourth-order valence-electron chi connectivity index (χ4n) is 2.47. The first-order valence-corrected chi connectivity index (χ1v) is 6.90. The first-order chi connectivity index (χ1) is 11.1. The van der Waals surface area contributed by atoms with E-state index in [2.05, 4.69) is 16.3 Å². The molecule has 112 valence electrons. The van der Waals surface area contributed by atoms with Crippen molar-refractivity contribution in [3.63, 3.8) is 0 Å². The van der Waals surface area contributed by atoms with Gasteiger partial charge in [0.1, 0.15) is 0 Å². The van der Waals surface area contributed by atoms with Crippen molar-refractivity contribution in [2.24, 2.45) is 0 Å². The summed E-state index contributed by atoms with van der Waals surface area (Å²) in [4.78, 5) is 10.4. The predicted molar refractivity (Wildman–Crippen MR) is 87.6 cm³/mol. The first kappa shape index (κ1) is 14.5. The Morgan fingerprint density at radius 1 is 1.30 bits per heavy atom. The minimum Gasteiger partial charge on any atom is -0.277 e. The lowest BCUT2D eigenvalue weighted by Gasteiger charge is -1.99. The minimum atomic E-state index is -0.426. The number of hydrogen-bond acceptors (Lipinski definition) is 4. The molecule has 0 radical (unpaired) electrons. The Morgan fingerprint density at radius 2 is 2.13 bits per heavy atom. The van der Waals surface area contributed by atoms with Gasteiger partial charge in [-0.25, -0.2) is 0 Å². The van der Waals surface area contributed by atoms with Gasteiger partial charge in [0.2, 0.25) is 0 Å². The van der Waals surface area contributed by atoms with Gasteiger partial charge in [-0.1, -0.05) is 18.2 Å². The molecule has 1 aromatic heterocycles. The van der Waals surface area contributed by atoms with Gasteiger partial charge in [-0.3, -0.25) is 15.2 Å². The van der Waals surface area contributed by atoms with Gasteiger partial charge in [-0.05, 0) is 36.3 Å². The van der Waals surface area contributed by atoms with Crippen molar-refractivity contribution < 1.29 is 4.92 Å². The highest BCUT2D eigenvalue weighted by atomic mass is 16.6. The first-order valence-electron chi connectivity index (χ1n) is 6.90. The smallest absolute Gasteiger partial charge is 0.270 e. The van der Waals surface area contributed by atoms with E-state index in [9.17, 15) is 10.1 Å². The molecule has 0 amide bonds. The number of nitrogens with one attached hydrogen (secondary N) is 1. The molecule has 3 rings (SSSR count). The van der Waals surface area contributed by atoms with Crippen LogP contribution in [0.25, 0.3) is 23.1 Å². The van der Waals surface area contributed by atoms with E-state index in [-0.39, 0.29) is 5.69 Å². The molecule has 2 aromatic carbocycles. The topological polar surface area (TPSA) is 95.6 Å². The Kier molecular flexibility index (Phi) is 3.61. The number of benzene rings is 2. The van der Waals surface area contributed by atoms with Gasteiger partial charge in [0, 0.05) is 17.5 Å². The maximum absolute atomic E-state index is 10.8. The third-order valence-electron chi connectivity index (χ3n) is 3.65. The standard InChI is InChI=1S/C17H12N4O2/c1-11-13(10-18)6-8-16-17(11)15(19-20-16)7-5-12-3-2-4-14(9-12)21(22)23/h2-9H,1H3,(H,19,20)/b7-5+. The van der Waals surface area contributed by atoms with Crippen LogP contribution in [0.1, 0.15) is 22.4 Å². The minimum absolute atomic E-state index is 0.0435. The van der Waals surface area contributed by atoms with Crippen LogP contribution in [-0.4, -0.2) is 15.1 Å². The maximum atomic E-state index is 10.8. The summed E-state index contributed by atoms with van der Waals surface area (Å²) in [6.07, 6.45) is 3.55. The summed E-state index contributed by atoms with van der Waals surface area (Å²) in [5, 5.41) is 28.0. The van der Waals surface area contributed by atoms with Crippen molar-refractivity contribution in [1.82, 2.24) is 10.2 Å². The van der Waals surface area contributed by atoms with Gasteiger partial charge in [0.25, 0.3) is 5.69 Å². The van der Waals surface area contributed by atoms with E-state index in [1.807, 2.05) is 13.0 Å². The van der Waals surface area contributed by atoms with Crippen LogP contribution in [0.3, 0.4) is 0 Å². The fraction of sp³-hybridized carbons (Fsp3) is 0.0588. The zero-order valence-electron chi connectivity index (χ0n) is 12.3. The number of nitrogens with zero attached hydrogens (tertiary/aromatic N) is 3. The van der Waals surface area contributed by atoms with Crippen molar-refractivity contribution in [3.05, 3.63) is 68.9 Å². The number of aromatic nitrogens is 2. The third-order valence-corrected chi connectivity index (χ3v) is 3.65. The van der Waals surface area contributed by atoms with Gasteiger partial charge >= 0.3 is 0 Å². The third kappa shape index (κ3) is 2.68. The second-order valence-corrected chi connectivity index (χ2v) is 5.07. The summed E-state index contributed by atoms with van der Waals surface area (Å²) >= 11 is 0. The number of nitro benzene ring substituents is 1. The van der Waals surface area contributed by atoms with Crippen molar-refractivity contribution in [3.8, 4) is 6.07 Å². The Morgan fingerprint density at radius 3 is 2.87 bits per heavy atom. The molecule has 6 heteroatoms. The highest BCUT2D eigenvalue weighted by Crippen LogP contribution is 2.25. The number of aromatic amines is 1. The molecule has 0 aliphatic rings. The molecule has 23 heavy (non-hydrogen) atoms. The zero-order chi connectivity index (χ0) is 16.4. The molecule has 0 aliphatic heterocycles. The van der Waals surface area contributed by atoms with Crippen molar-refractivity contribution in [2.75, 3.05) is 0 Å². The van der Waals surface area contributed by atoms with E-state index < -0.39 is 4.92 Å². The van der Waals surface area contributed by atoms with Crippen LogP contribution in [0.4, 0.5) is 5.69 Å². The van der Waals surface area contributed by atoms with E-state index >= 15 is 0 Å².